The van der Waals surface area contributed by atoms with Gasteiger partial charge in [0.15, 0.2) is 0 Å². The fourth-order valence-corrected chi connectivity index (χ4v) is 2.11. The van der Waals surface area contributed by atoms with Gasteiger partial charge in [-0.05, 0) is 26.0 Å². The van der Waals surface area contributed by atoms with Crippen molar-refractivity contribution >= 4 is 23.4 Å². The molecular formula is C10H10O3S. The summed E-state index contributed by atoms with van der Waals surface area (Å²) in [5, 5.41) is 8.79. The highest BCUT2D eigenvalue weighted by Gasteiger charge is 2.24. The predicted molar refractivity (Wildman–Crippen MR) is 55.0 cm³/mol. The molecule has 0 atom stereocenters. The second-order valence-corrected chi connectivity index (χ2v) is 4.77. The summed E-state index contributed by atoms with van der Waals surface area (Å²) in [5.74, 6) is -0.237. The molecule has 0 radical (unpaired) electrons. The molecule has 4 heteroatoms. The van der Waals surface area contributed by atoms with Crippen molar-refractivity contribution in [1.82, 2.24) is 0 Å². The fourth-order valence-electron chi connectivity index (χ4n) is 1.28. The molecule has 0 spiro atoms. The van der Waals surface area contributed by atoms with Crippen molar-refractivity contribution in [2.24, 2.45) is 0 Å². The van der Waals surface area contributed by atoms with E-state index in [2.05, 4.69) is 0 Å². The van der Waals surface area contributed by atoms with Crippen LogP contribution in [0, 0.1) is 0 Å². The number of hydrogen-bond donors (Lipinski definition) is 1. The Balaban J connectivity index is 2.42. The topological polar surface area (TPSA) is 46.5 Å². The van der Waals surface area contributed by atoms with E-state index in [1.807, 2.05) is 26.0 Å². The first-order valence-electron chi connectivity index (χ1n) is 4.23. The SMILES string of the molecule is CC1(C)C=Cc2sc(C(=O)O)cc2O1. The van der Waals surface area contributed by atoms with Crippen LogP contribution in [0.25, 0.3) is 6.08 Å². The maximum Gasteiger partial charge on any atom is 0.346 e. The number of rotatable bonds is 1. The van der Waals surface area contributed by atoms with Gasteiger partial charge in [-0.15, -0.1) is 11.3 Å². The van der Waals surface area contributed by atoms with Crippen molar-refractivity contribution in [2.45, 2.75) is 19.4 Å². The zero-order valence-corrected chi connectivity index (χ0v) is 8.72. The molecule has 1 aliphatic heterocycles. The van der Waals surface area contributed by atoms with Gasteiger partial charge in [0, 0.05) is 6.07 Å². The summed E-state index contributed by atoms with van der Waals surface area (Å²) in [6, 6.07) is 1.58. The number of carboxylic acid groups (broad SMARTS) is 1. The predicted octanol–water partition coefficient (Wildman–Crippen LogP) is 2.63. The van der Waals surface area contributed by atoms with Crippen LogP contribution in [0.1, 0.15) is 28.4 Å². The van der Waals surface area contributed by atoms with E-state index < -0.39 is 5.97 Å². The van der Waals surface area contributed by atoms with Gasteiger partial charge in [-0.2, -0.15) is 0 Å². The Labute approximate surface area is 85.6 Å². The number of ether oxygens (including phenoxy) is 1. The van der Waals surface area contributed by atoms with Gasteiger partial charge in [-0.1, -0.05) is 0 Å². The first kappa shape index (κ1) is 9.27. The monoisotopic (exact) mass is 210 g/mol. The molecule has 0 aromatic carbocycles. The van der Waals surface area contributed by atoms with Gasteiger partial charge >= 0.3 is 5.97 Å². The Morgan fingerprint density at radius 3 is 2.93 bits per heavy atom. The molecule has 14 heavy (non-hydrogen) atoms. The number of carbonyl (C=O) groups is 1. The van der Waals surface area contributed by atoms with Gasteiger partial charge in [-0.25, -0.2) is 4.79 Å². The van der Waals surface area contributed by atoms with E-state index >= 15 is 0 Å². The maximum absolute atomic E-state index is 10.7. The van der Waals surface area contributed by atoms with Crippen molar-refractivity contribution < 1.29 is 14.6 Å². The largest absolute Gasteiger partial charge is 0.482 e. The Bertz CT molecular complexity index is 415. The average Bonchev–Trinajstić information content (AvgIpc) is 2.45. The summed E-state index contributed by atoms with van der Waals surface area (Å²) in [5.41, 5.74) is -0.343. The molecule has 74 valence electrons. The Morgan fingerprint density at radius 2 is 2.29 bits per heavy atom. The second-order valence-electron chi connectivity index (χ2n) is 3.68. The van der Waals surface area contributed by atoms with Crippen LogP contribution in [0.3, 0.4) is 0 Å². The van der Waals surface area contributed by atoms with Gasteiger partial charge in [0.2, 0.25) is 0 Å². The maximum atomic E-state index is 10.7. The van der Waals surface area contributed by atoms with Crippen LogP contribution in [0.2, 0.25) is 0 Å². The van der Waals surface area contributed by atoms with Crippen molar-refractivity contribution in [3.05, 3.63) is 21.9 Å². The quantitative estimate of drug-likeness (QED) is 0.775. The van der Waals surface area contributed by atoms with Crippen LogP contribution in [0.15, 0.2) is 12.1 Å². The average molecular weight is 210 g/mol. The molecule has 0 amide bonds. The third kappa shape index (κ3) is 1.53. The fraction of sp³-hybridized carbons (Fsp3) is 0.300. The minimum absolute atomic E-state index is 0.317. The zero-order valence-electron chi connectivity index (χ0n) is 7.90. The molecule has 0 bridgehead atoms. The van der Waals surface area contributed by atoms with Crippen LogP contribution in [-0.4, -0.2) is 16.7 Å². The first-order valence-corrected chi connectivity index (χ1v) is 5.05. The van der Waals surface area contributed by atoms with Gasteiger partial charge in [0.05, 0.1) is 4.88 Å². The molecule has 0 saturated carbocycles. The Hall–Kier alpha value is -1.29. The highest BCUT2D eigenvalue weighted by atomic mass is 32.1. The van der Waals surface area contributed by atoms with Crippen LogP contribution in [0.4, 0.5) is 0 Å². The van der Waals surface area contributed by atoms with Crippen LogP contribution in [-0.2, 0) is 0 Å². The van der Waals surface area contributed by atoms with Crippen molar-refractivity contribution in [1.29, 1.82) is 0 Å². The van der Waals surface area contributed by atoms with Gasteiger partial charge in [-0.3, -0.25) is 0 Å². The van der Waals surface area contributed by atoms with Crippen LogP contribution < -0.4 is 4.74 Å². The molecule has 0 unspecified atom stereocenters. The molecule has 2 heterocycles. The summed E-state index contributed by atoms with van der Waals surface area (Å²) in [6.45, 7) is 3.87. The van der Waals surface area contributed by atoms with E-state index in [1.165, 1.54) is 11.3 Å². The van der Waals surface area contributed by atoms with Crippen molar-refractivity contribution in [3.8, 4) is 5.75 Å². The van der Waals surface area contributed by atoms with E-state index in [4.69, 9.17) is 9.84 Å². The van der Waals surface area contributed by atoms with Crippen LogP contribution >= 0.6 is 11.3 Å². The standard InChI is InChI=1S/C10H10O3S/c1-10(2)4-3-7-6(13-10)5-8(14-7)9(11)12/h3-5H,1-2H3,(H,11,12). The number of hydrogen-bond acceptors (Lipinski definition) is 3. The summed E-state index contributed by atoms with van der Waals surface area (Å²) in [7, 11) is 0. The van der Waals surface area contributed by atoms with Crippen LogP contribution in [0.5, 0.6) is 5.75 Å². The number of thiophene rings is 1. The minimum atomic E-state index is -0.904. The molecule has 1 aromatic heterocycles. The lowest BCUT2D eigenvalue weighted by atomic mass is 10.1. The zero-order chi connectivity index (χ0) is 10.3. The Kier molecular flexibility index (Phi) is 1.89. The van der Waals surface area contributed by atoms with Gasteiger partial charge in [0.1, 0.15) is 16.2 Å². The minimum Gasteiger partial charge on any atom is -0.482 e. The highest BCUT2D eigenvalue weighted by Crippen LogP contribution is 2.37. The first-order chi connectivity index (χ1) is 6.48. The third-order valence-corrected chi connectivity index (χ3v) is 3.01. The smallest absolute Gasteiger partial charge is 0.346 e. The lowest BCUT2D eigenvalue weighted by molar-refractivity contribution is 0.0701. The van der Waals surface area contributed by atoms with E-state index in [9.17, 15) is 4.79 Å². The summed E-state index contributed by atoms with van der Waals surface area (Å²) < 4.78 is 5.61. The van der Waals surface area contributed by atoms with E-state index in [-0.39, 0.29) is 5.60 Å². The summed E-state index contributed by atoms with van der Waals surface area (Å²) in [6.07, 6.45) is 3.84. The lowest BCUT2D eigenvalue weighted by Crippen LogP contribution is -2.26. The molecule has 3 nitrogen and oxygen atoms in total. The van der Waals surface area contributed by atoms with E-state index in [1.54, 1.807) is 6.07 Å². The number of aromatic carboxylic acids is 1. The van der Waals surface area contributed by atoms with E-state index in [0.717, 1.165) is 4.88 Å². The molecule has 0 fully saturated rings. The number of fused-ring (bicyclic) bond motifs is 1. The summed E-state index contributed by atoms with van der Waals surface area (Å²) >= 11 is 1.23. The lowest BCUT2D eigenvalue weighted by Gasteiger charge is -2.25. The highest BCUT2D eigenvalue weighted by molar-refractivity contribution is 7.15. The van der Waals surface area contributed by atoms with E-state index in [0.29, 0.717) is 10.6 Å². The second kappa shape index (κ2) is 2.85. The van der Waals surface area contributed by atoms with Gasteiger partial charge in [0.25, 0.3) is 0 Å². The molecule has 2 rings (SSSR count). The van der Waals surface area contributed by atoms with Crippen molar-refractivity contribution in [2.75, 3.05) is 0 Å². The Morgan fingerprint density at radius 1 is 1.57 bits per heavy atom. The number of carboxylic acids is 1. The molecule has 0 aliphatic carbocycles. The van der Waals surface area contributed by atoms with Gasteiger partial charge < -0.3 is 9.84 Å². The molecular weight excluding hydrogens is 200 g/mol. The van der Waals surface area contributed by atoms with Crippen molar-refractivity contribution in [3.63, 3.8) is 0 Å². The molecule has 1 N–H and O–H groups in total. The summed E-state index contributed by atoms with van der Waals surface area (Å²) in [4.78, 5) is 11.9. The molecule has 0 saturated heterocycles. The third-order valence-electron chi connectivity index (χ3n) is 1.94. The molecule has 1 aliphatic rings. The normalized spacial score (nSPS) is 17.3. The molecule has 1 aromatic rings.